The van der Waals surface area contributed by atoms with Crippen LogP contribution in [0.15, 0.2) is 48.7 Å². The number of nitrogens with zero attached hydrogens (tertiary/aromatic N) is 2. The zero-order valence-electron chi connectivity index (χ0n) is 23.9. The molecule has 1 aromatic heterocycles. The maximum atomic E-state index is 12.9. The molecule has 0 aliphatic rings. The van der Waals surface area contributed by atoms with Crippen LogP contribution in [0, 0.1) is 10.8 Å². The molecule has 0 spiro atoms. The predicted molar refractivity (Wildman–Crippen MR) is 152 cm³/mol. The molecule has 9 heteroatoms. The highest BCUT2D eigenvalue weighted by atomic mass is 16.3. The monoisotopic (exact) mass is 526 g/mol. The van der Waals surface area contributed by atoms with Gasteiger partial charge in [-0.3, -0.25) is 20.0 Å². The number of aromatic nitrogens is 1. The standard InChI is InChI=1S/C29H46N6O3/c1-8-31-25(29(5,6)7)27(38)33-17-22(36)19-35(34-26(37)24(30)28(2,3)4)18-20-12-14-21(15-13-20)23-11-9-10-16-32-23/h9-16,22,24-25,31,36H,8,17-19,30H2,1-7H3,(H,33,38)(H,34,37). The molecule has 3 unspecified atom stereocenters. The second-order valence-corrected chi connectivity index (χ2v) is 11.9. The molecule has 210 valence electrons. The van der Waals surface area contributed by atoms with Gasteiger partial charge in [0.1, 0.15) is 0 Å². The second-order valence-electron chi connectivity index (χ2n) is 11.9. The zero-order valence-corrected chi connectivity index (χ0v) is 23.9. The van der Waals surface area contributed by atoms with E-state index in [9.17, 15) is 14.7 Å². The van der Waals surface area contributed by atoms with Crippen LogP contribution < -0.4 is 21.8 Å². The van der Waals surface area contributed by atoms with Gasteiger partial charge < -0.3 is 21.5 Å². The van der Waals surface area contributed by atoms with E-state index in [0.717, 1.165) is 16.8 Å². The zero-order chi connectivity index (χ0) is 28.5. The third-order valence-corrected chi connectivity index (χ3v) is 6.25. The van der Waals surface area contributed by atoms with E-state index in [-0.39, 0.29) is 30.3 Å². The summed E-state index contributed by atoms with van der Waals surface area (Å²) in [5.41, 5.74) is 11.1. The molecule has 38 heavy (non-hydrogen) atoms. The molecular weight excluding hydrogens is 480 g/mol. The van der Waals surface area contributed by atoms with Crippen molar-refractivity contribution < 1.29 is 14.7 Å². The van der Waals surface area contributed by atoms with Crippen LogP contribution in [0.4, 0.5) is 0 Å². The fraction of sp³-hybridized carbons (Fsp3) is 0.552. The van der Waals surface area contributed by atoms with Gasteiger partial charge in [0.15, 0.2) is 0 Å². The molecular formula is C29H46N6O3. The molecule has 9 nitrogen and oxygen atoms in total. The number of hydrogen-bond acceptors (Lipinski definition) is 7. The van der Waals surface area contributed by atoms with E-state index in [2.05, 4.69) is 21.0 Å². The van der Waals surface area contributed by atoms with Crippen molar-refractivity contribution in [3.8, 4) is 11.3 Å². The van der Waals surface area contributed by atoms with Crippen molar-refractivity contribution in [3.05, 3.63) is 54.2 Å². The fourth-order valence-electron chi connectivity index (χ4n) is 3.94. The highest BCUT2D eigenvalue weighted by Crippen LogP contribution is 2.20. The number of rotatable bonds is 12. The van der Waals surface area contributed by atoms with E-state index >= 15 is 0 Å². The van der Waals surface area contributed by atoms with Crippen molar-refractivity contribution in [2.24, 2.45) is 16.6 Å². The molecule has 0 aliphatic carbocycles. The summed E-state index contributed by atoms with van der Waals surface area (Å²) >= 11 is 0. The summed E-state index contributed by atoms with van der Waals surface area (Å²) in [6, 6.07) is 12.5. The summed E-state index contributed by atoms with van der Waals surface area (Å²) < 4.78 is 0. The Hall–Kier alpha value is -2.85. The van der Waals surface area contributed by atoms with Crippen LogP contribution in [0.3, 0.4) is 0 Å². The van der Waals surface area contributed by atoms with E-state index in [0.29, 0.717) is 13.1 Å². The number of nitrogens with two attached hydrogens (primary N) is 1. The predicted octanol–water partition coefficient (Wildman–Crippen LogP) is 2.46. The Morgan fingerprint density at radius 3 is 2.18 bits per heavy atom. The van der Waals surface area contributed by atoms with Crippen LogP contribution in [0.2, 0.25) is 0 Å². The van der Waals surface area contributed by atoms with Gasteiger partial charge >= 0.3 is 0 Å². The molecule has 2 amide bonds. The molecule has 2 rings (SSSR count). The van der Waals surface area contributed by atoms with Crippen LogP contribution in [0.5, 0.6) is 0 Å². The fourth-order valence-corrected chi connectivity index (χ4v) is 3.94. The first kappa shape index (κ1) is 31.4. The number of benzene rings is 1. The molecule has 0 aliphatic heterocycles. The third kappa shape index (κ3) is 9.79. The van der Waals surface area contributed by atoms with E-state index in [1.807, 2.05) is 90.9 Å². The number of carbonyl (C=O) groups excluding carboxylic acids is 2. The SMILES string of the molecule is CCNC(C(=O)NCC(O)CN(Cc1ccc(-c2ccccn2)cc1)NC(=O)C(N)C(C)(C)C)C(C)(C)C. The van der Waals surface area contributed by atoms with Crippen LogP contribution >= 0.6 is 0 Å². The van der Waals surface area contributed by atoms with Crippen molar-refractivity contribution in [1.29, 1.82) is 0 Å². The van der Waals surface area contributed by atoms with Crippen LogP contribution in [0.25, 0.3) is 11.3 Å². The summed E-state index contributed by atoms with van der Waals surface area (Å²) in [5, 5.41) is 18.5. The minimum absolute atomic E-state index is 0.0487. The molecule has 0 fully saturated rings. The van der Waals surface area contributed by atoms with Crippen molar-refractivity contribution in [2.45, 2.75) is 73.2 Å². The van der Waals surface area contributed by atoms with Crippen LogP contribution in [-0.2, 0) is 16.1 Å². The smallest absolute Gasteiger partial charge is 0.251 e. The van der Waals surface area contributed by atoms with Crippen molar-refractivity contribution >= 4 is 11.8 Å². The Kier molecular flexibility index (Phi) is 11.4. The number of nitrogens with one attached hydrogen (secondary N) is 3. The lowest BCUT2D eigenvalue weighted by Crippen LogP contribution is -2.56. The Balaban J connectivity index is 2.11. The first-order chi connectivity index (χ1) is 17.7. The second kappa shape index (κ2) is 13.8. The quantitative estimate of drug-likeness (QED) is 0.268. The lowest BCUT2D eigenvalue weighted by Gasteiger charge is -2.32. The lowest BCUT2D eigenvalue weighted by atomic mass is 9.86. The molecule has 3 atom stereocenters. The molecule has 0 radical (unpaired) electrons. The number of likely N-dealkylation sites (N-methyl/N-ethyl adjacent to an activating group) is 1. The molecule has 6 N–H and O–H groups in total. The van der Waals surface area contributed by atoms with E-state index < -0.39 is 23.6 Å². The molecule has 1 aromatic carbocycles. The number of hydrogen-bond donors (Lipinski definition) is 5. The summed E-state index contributed by atoms with van der Waals surface area (Å²) in [6.07, 6.45) is 0.835. The average Bonchev–Trinajstić information content (AvgIpc) is 2.85. The third-order valence-electron chi connectivity index (χ3n) is 6.25. The van der Waals surface area contributed by atoms with Gasteiger partial charge in [0.25, 0.3) is 5.91 Å². The summed E-state index contributed by atoms with van der Waals surface area (Å²) in [5.74, 6) is -0.507. The Bertz CT molecular complexity index is 1020. The van der Waals surface area contributed by atoms with Crippen LogP contribution in [0.1, 0.15) is 54.0 Å². The van der Waals surface area contributed by atoms with Crippen molar-refractivity contribution in [3.63, 3.8) is 0 Å². The minimum atomic E-state index is -0.917. The average molecular weight is 527 g/mol. The van der Waals surface area contributed by atoms with Gasteiger partial charge in [-0.25, -0.2) is 5.01 Å². The van der Waals surface area contributed by atoms with Gasteiger partial charge in [0.05, 0.1) is 23.9 Å². The number of carbonyl (C=O) groups is 2. The number of aliphatic hydroxyl groups is 1. The van der Waals surface area contributed by atoms with Gasteiger partial charge in [-0.2, -0.15) is 0 Å². The van der Waals surface area contributed by atoms with Gasteiger partial charge in [0.2, 0.25) is 5.91 Å². The maximum Gasteiger partial charge on any atom is 0.251 e. The first-order valence-corrected chi connectivity index (χ1v) is 13.2. The van der Waals surface area contributed by atoms with Gasteiger partial charge in [0, 0.05) is 31.4 Å². The largest absolute Gasteiger partial charge is 0.390 e. The Labute approximate surface area is 227 Å². The van der Waals surface area contributed by atoms with Gasteiger partial charge in [-0.15, -0.1) is 0 Å². The highest BCUT2D eigenvalue weighted by molar-refractivity contribution is 5.82. The molecule has 0 bridgehead atoms. The van der Waals surface area contributed by atoms with E-state index in [1.165, 1.54) is 0 Å². The van der Waals surface area contributed by atoms with Gasteiger partial charge in [-0.05, 0) is 35.1 Å². The molecule has 0 saturated carbocycles. The Morgan fingerprint density at radius 1 is 1.00 bits per heavy atom. The van der Waals surface area contributed by atoms with E-state index in [4.69, 9.17) is 5.73 Å². The lowest BCUT2D eigenvalue weighted by molar-refractivity contribution is -0.131. The number of aliphatic hydroxyl groups excluding tert-OH is 1. The molecule has 0 saturated heterocycles. The number of amides is 2. The number of hydrazine groups is 1. The van der Waals surface area contributed by atoms with Crippen molar-refractivity contribution in [1.82, 2.24) is 26.1 Å². The summed E-state index contributed by atoms with van der Waals surface area (Å²) in [7, 11) is 0. The first-order valence-electron chi connectivity index (χ1n) is 13.2. The van der Waals surface area contributed by atoms with Crippen molar-refractivity contribution in [2.75, 3.05) is 19.6 Å². The van der Waals surface area contributed by atoms with Gasteiger partial charge in [-0.1, -0.05) is 78.8 Å². The highest BCUT2D eigenvalue weighted by Gasteiger charge is 2.31. The molecule has 1 heterocycles. The minimum Gasteiger partial charge on any atom is -0.390 e. The number of pyridine rings is 1. The maximum absolute atomic E-state index is 12.9. The molecule has 2 aromatic rings. The topological polar surface area (TPSA) is 133 Å². The Morgan fingerprint density at radius 2 is 1.66 bits per heavy atom. The van der Waals surface area contributed by atoms with E-state index in [1.54, 1.807) is 11.2 Å². The summed E-state index contributed by atoms with van der Waals surface area (Å²) in [6.45, 7) is 14.8. The summed E-state index contributed by atoms with van der Waals surface area (Å²) in [4.78, 5) is 30.1. The normalized spacial score (nSPS) is 14.6. The van der Waals surface area contributed by atoms with Crippen LogP contribution in [-0.4, -0.2) is 64.7 Å².